The number of nitrogens with two attached hydrogens (primary N) is 1. The summed E-state index contributed by atoms with van der Waals surface area (Å²) in [5, 5.41) is 0. The van der Waals surface area contributed by atoms with Crippen molar-refractivity contribution in [3.05, 3.63) is 23.5 Å². The van der Waals surface area contributed by atoms with Crippen molar-refractivity contribution in [3.63, 3.8) is 0 Å². The van der Waals surface area contributed by atoms with Crippen LogP contribution in [0, 0.1) is 6.92 Å². The maximum atomic E-state index is 12.6. The number of rotatable bonds is 2. The van der Waals surface area contributed by atoms with Crippen molar-refractivity contribution in [3.8, 4) is 0 Å². The summed E-state index contributed by atoms with van der Waals surface area (Å²) >= 11 is 0. The minimum Gasteiger partial charge on any atom is -0.336 e. The molecule has 1 aliphatic heterocycles. The molecule has 1 aliphatic rings. The first kappa shape index (κ1) is 15.7. The Labute approximate surface area is 126 Å². The van der Waals surface area contributed by atoms with Crippen LogP contribution in [0.1, 0.15) is 36.8 Å². The van der Waals surface area contributed by atoms with Crippen molar-refractivity contribution < 1.29 is 4.79 Å². The molecular formula is C15H25N5O. The van der Waals surface area contributed by atoms with Gasteiger partial charge in [0.15, 0.2) is 0 Å². The van der Waals surface area contributed by atoms with Gasteiger partial charge in [0.1, 0.15) is 0 Å². The molecule has 3 N–H and O–H groups in total. The second-order valence-electron chi connectivity index (χ2n) is 6.47. The fraction of sp³-hybridized carbons (Fsp3) is 0.600. The maximum Gasteiger partial charge on any atom is 0.257 e. The van der Waals surface area contributed by atoms with Crippen LogP contribution in [0.2, 0.25) is 0 Å². The Hall–Kier alpha value is -1.66. The van der Waals surface area contributed by atoms with Gasteiger partial charge in [0.2, 0.25) is 0 Å². The lowest BCUT2D eigenvalue weighted by atomic mass is 10.0. The molecule has 21 heavy (non-hydrogen) atoms. The largest absolute Gasteiger partial charge is 0.336 e. The molecule has 0 aromatic carbocycles. The zero-order chi connectivity index (χ0) is 15.6. The van der Waals surface area contributed by atoms with E-state index in [1.165, 1.54) is 0 Å². The van der Waals surface area contributed by atoms with Crippen LogP contribution in [0.4, 0.5) is 5.69 Å². The second kappa shape index (κ2) is 5.99. The number of nitrogens with zero attached hydrogens (tertiary/aromatic N) is 3. The molecule has 1 saturated heterocycles. The van der Waals surface area contributed by atoms with Gasteiger partial charge in [-0.3, -0.25) is 20.5 Å². The average Bonchev–Trinajstić information content (AvgIpc) is 2.45. The van der Waals surface area contributed by atoms with E-state index < -0.39 is 0 Å². The number of piperazine rings is 1. The van der Waals surface area contributed by atoms with Crippen LogP contribution in [0.5, 0.6) is 0 Å². The van der Waals surface area contributed by atoms with Crippen molar-refractivity contribution in [2.24, 2.45) is 5.84 Å². The van der Waals surface area contributed by atoms with Crippen LogP contribution >= 0.6 is 0 Å². The molecule has 0 aliphatic carbocycles. The van der Waals surface area contributed by atoms with E-state index in [1.54, 1.807) is 12.3 Å². The first-order valence-electron chi connectivity index (χ1n) is 7.30. The summed E-state index contributed by atoms with van der Waals surface area (Å²) in [4.78, 5) is 21.1. The number of aryl methyl sites for hydroxylation is 1. The quantitative estimate of drug-likeness (QED) is 0.633. The predicted octanol–water partition coefficient (Wildman–Crippen LogP) is 1.23. The molecule has 1 amide bonds. The van der Waals surface area contributed by atoms with Gasteiger partial charge in [0.25, 0.3) is 5.91 Å². The van der Waals surface area contributed by atoms with Crippen LogP contribution in [0.15, 0.2) is 12.3 Å². The fourth-order valence-corrected chi connectivity index (χ4v) is 2.60. The van der Waals surface area contributed by atoms with E-state index in [9.17, 15) is 4.79 Å². The Kier molecular flexibility index (Phi) is 4.49. The third-order valence-corrected chi connectivity index (χ3v) is 3.94. The second-order valence-corrected chi connectivity index (χ2v) is 6.47. The number of carbonyl (C=O) groups excluding carboxylic acids is 1. The average molecular weight is 291 g/mol. The SMILES string of the molecule is Cc1cc(NN)c(C(=O)N2CCN(C(C)(C)C)CC2)cn1. The van der Waals surface area contributed by atoms with E-state index in [2.05, 4.69) is 36.1 Å². The number of carbonyl (C=O) groups is 1. The van der Waals surface area contributed by atoms with Crippen molar-refractivity contribution in [1.82, 2.24) is 14.8 Å². The van der Waals surface area contributed by atoms with Crippen molar-refractivity contribution >= 4 is 11.6 Å². The van der Waals surface area contributed by atoms with Gasteiger partial charge < -0.3 is 10.3 Å². The summed E-state index contributed by atoms with van der Waals surface area (Å²) < 4.78 is 0. The Morgan fingerprint density at radius 3 is 2.43 bits per heavy atom. The summed E-state index contributed by atoms with van der Waals surface area (Å²) in [6.07, 6.45) is 1.60. The zero-order valence-electron chi connectivity index (χ0n) is 13.3. The number of nitrogen functional groups attached to an aromatic ring is 1. The van der Waals surface area contributed by atoms with Gasteiger partial charge in [-0.25, -0.2) is 0 Å². The summed E-state index contributed by atoms with van der Waals surface area (Å²) in [6, 6.07) is 1.79. The van der Waals surface area contributed by atoms with Crippen LogP contribution < -0.4 is 11.3 Å². The molecule has 1 aromatic rings. The Morgan fingerprint density at radius 2 is 1.90 bits per heavy atom. The molecule has 116 valence electrons. The van der Waals surface area contributed by atoms with E-state index in [-0.39, 0.29) is 11.4 Å². The van der Waals surface area contributed by atoms with E-state index in [0.29, 0.717) is 11.3 Å². The highest BCUT2D eigenvalue weighted by molar-refractivity contribution is 5.99. The molecule has 0 spiro atoms. The van der Waals surface area contributed by atoms with Crippen LogP contribution in [0.25, 0.3) is 0 Å². The van der Waals surface area contributed by atoms with Gasteiger partial charge in [0.05, 0.1) is 11.3 Å². The van der Waals surface area contributed by atoms with Crippen molar-refractivity contribution in [1.29, 1.82) is 0 Å². The molecule has 1 fully saturated rings. The van der Waals surface area contributed by atoms with Gasteiger partial charge in [-0.1, -0.05) is 0 Å². The highest BCUT2D eigenvalue weighted by Crippen LogP contribution is 2.20. The topological polar surface area (TPSA) is 74.5 Å². The monoisotopic (exact) mass is 291 g/mol. The first-order valence-corrected chi connectivity index (χ1v) is 7.30. The molecule has 0 saturated carbocycles. The lowest BCUT2D eigenvalue weighted by Crippen LogP contribution is -2.54. The molecule has 2 heterocycles. The van der Waals surface area contributed by atoms with E-state index in [0.717, 1.165) is 31.9 Å². The Morgan fingerprint density at radius 1 is 1.29 bits per heavy atom. The normalized spacial score (nSPS) is 16.9. The molecule has 0 atom stereocenters. The lowest BCUT2D eigenvalue weighted by Gasteiger charge is -2.42. The number of aromatic nitrogens is 1. The summed E-state index contributed by atoms with van der Waals surface area (Å²) in [5.41, 5.74) is 4.73. The lowest BCUT2D eigenvalue weighted by molar-refractivity contribution is 0.0451. The van der Waals surface area contributed by atoms with E-state index >= 15 is 0 Å². The highest BCUT2D eigenvalue weighted by atomic mass is 16.2. The predicted molar refractivity (Wildman–Crippen MR) is 84.0 cm³/mol. The van der Waals surface area contributed by atoms with Gasteiger partial charge in [-0.2, -0.15) is 0 Å². The minimum atomic E-state index is -0.0102. The fourth-order valence-electron chi connectivity index (χ4n) is 2.60. The standard InChI is InChI=1S/C15H25N5O/c1-11-9-13(18-16)12(10-17-11)14(21)19-5-7-20(8-6-19)15(2,3)4/h9-10H,5-8,16H2,1-4H3,(H,17,18). The number of hydrazine groups is 1. The summed E-state index contributed by atoms with van der Waals surface area (Å²) in [5.74, 6) is 5.50. The molecule has 6 heteroatoms. The zero-order valence-corrected chi connectivity index (χ0v) is 13.3. The third kappa shape index (κ3) is 3.51. The molecule has 2 rings (SSSR count). The molecule has 0 bridgehead atoms. The highest BCUT2D eigenvalue weighted by Gasteiger charge is 2.29. The third-order valence-electron chi connectivity index (χ3n) is 3.94. The van der Waals surface area contributed by atoms with E-state index in [1.807, 2.05) is 11.8 Å². The number of hydrogen-bond donors (Lipinski definition) is 2. The van der Waals surface area contributed by atoms with Gasteiger partial charge in [-0.15, -0.1) is 0 Å². The van der Waals surface area contributed by atoms with Crippen LogP contribution in [0.3, 0.4) is 0 Å². The minimum absolute atomic E-state index is 0.0102. The molecule has 6 nitrogen and oxygen atoms in total. The molecule has 1 aromatic heterocycles. The Balaban J connectivity index is 2.09. The van der Waals surface area contributed by atoms with Gasteiger partial charge in [0, 0.05) is 43.6 Å². The summed E-state index contributed by atoms with van der Waals surface area (Å²) in [7, 11) is 0. The number of nitrogens with one attached hydrogen (secondary N) is 1. The van der Waals surface area contributed by atoms with Gasteiger partial charge >= 0.3 is 0 Å². The molecule has 0 unspecified atom stereocenters. The molecule has 0 radical (unpaired) electrons. The van der Waals surface area contributed by atoms with Crippen molar-refractivity contribution in [2.45, 2.75) is 33.2 Å². The van der Waals surface area contributed by atoms with E-state index in [4.69, 9.17) is 5.84 Å². The molecular weight excluding hydrogens is 266 g/mol. The Bertz CT molecular complexity index is 515. The van der Waals surface area contributed by atoms with Crippen LogP contribution in [-0.2, 0) is 0 Å². The van der Waals surface area contributed by atoms with Gasteiger partial charge in [-0.05, 0) is 33.8 Å². The number of hydrogen-bond acceptors (Lipinski definition) is 5. The first-order chi connectivity index (χ1) is 9.82. The summed E-state index contributed by atoms with van der Waals surface area (Å²) in [6.45, 7) is 11.7. The smallest absolute Gasteiger partial charge is 0.257 e. The maximum absolute atomic E-state index is 12.6. The number of amides is 1. The number of anilines is 1. The van der Waals surface area contributed by atoms with Crippen molar-refractivity contribution in [2.75, 3.05) is 31.6 Å². The van der Waals surface area contributed by atoms with Crippen LogP contribution in [-0.4, -0.2) is 52.4 Å². The number of pyridine rings is 1.